The summed E-state index contributed by atoms with van der Waals surface area (Å²) in [4.78, 5) is 0. The molecule has 0 nitrogen and oxygen atoms in total. The third-order valence-electron chi connectivity index (χ3n) is 5.97. The van der Waals surface area contributed by atoms with Gasteiger partial charge in [-0.1, -0.05) is 97.1 Å². The maximum absolute atomic E-state index is 9.49. The molecule has 1 spiro atoms. The summed E-state index contributed by atoms with van der Waals surface area (Å²) >= 11 is 0. The molecule has 6 rings (SSSR count). The van der Waals surface area contributed by atoms with Crippen LogP contribution in [0.15, 0.2) is 97.1 Å². The first-order valence-corrected chi connectivity index (χ1v) is 9.14. The molecule has 2 aliphatic rings. The van der Waals surface area contributed by atoms with Gasteiger partial charge >= 0.3 is 0 Å². The summed E-state index contributed by atoms with van der Waals surface area (Å²) in [5.74, 6) is 0. The van der Waals surface area contributed by atoms with E-state index in [1.807, 2.05) is 0 Å². The van der Waals surface area contributed by atoms with Gasteiger partial charge in [-0.25, -0.2) is 0 Å². The van der Waals surface area contributed by atoms with E-state index >= 15 is 0 Å². The van der Waals surface area contributed by atoms with E-state index < -0.39 is 5.41 Å². The molecule has 0 saturated carbocycles. The highest BCUT2D eigenvalue weighted by Crippen LogP contribution is 2.58. The maximum atomic E-state index is 9.49. The van der Waals surface area contributed by atoms with Gasteiger partial charge in [0.05, 0.1) is 5.41 Å². The lowest BCUT2D eigenvalue weighted by Gasteiger charge is -2.39. The Balaban J connectivity index is 1.83. The van der Waals surface area contributed by atoms with Crippen LogP contribution in [0.4, 0.5) is 0 Å². The summed E-state index contributed by atoms with van der Waals surface area (Å²) in [7, 11) is 0. The highest BCUT2D eigenvalue weighted by Gasteiger charge is 2.47. The van der Waals surface area contributed by atoms with E-state index in [1.165, 1.54) is 38.9 Å². The Labute approximate surface area is 155 Å². The first-order valence-electron chi connectivity index (χ1n) is 9.71. The molecule has 4 aromatic carbocycles. The number of fused-ring (bicyclic) bond motifs is 9. The van der Waals surface area contributed by atoms with Gasteiger partial charge in [-0.15, -0.1) is 0 Å². The zero-order chi connectivity index (χ0) is 18.0. The van der Waals surface area contributed by atoms with Gasteiger partial charge < -0.3 is 0 Å². The number of hydrogen-bond donors (Lipinski definition) is 0. The van der Waals surface area contributed by atoms with Crippen LogP contribution in [0, 0.1) is 0 Å². The Morgan fingerprint density at radius 2 is 0.885 bits per heavy atom. The summed E-state index contributed by atoms with van der Waals surface area (Å²) in [6, 6.07) is 34.4. The monoisotopic (exact) mass is 331 g/mol. The van der Waals surface area contributed by atoms with Crippen molar-refractivity contribution in [2.75, 3.05) is 0 Å². The van der Waals surface area contributed by atoms with Crippen molar-refractivity contribution in [2.45, 2.75) is 11.8 Å². The Morgan fingerprint density at radius 3 is 1.42 bits per heavy atom. The van der Waals surface area contributed by atoms with Crippen molar-refractivity contribution in [1.29, 1.82) is 0 Å². The Morgan fingerprint density at radius 1 is 0.500 bits per heavy atom. The van der Waals surface area contributed by atoms with E-state index in [0.29, 0.717) is 0 Å². The second-order valence-electron chi connectivity index (χ2n) is 7.18. The van der Waals surface area contributed by atoms with Gasteiger partial charge in [-0.3, -0.25) is 0 Å². The highest BCUT2D eigenvalue weighted by molar-refractivity contribution is 5.88. The zero-order valence-electron chi connectivity index (χ0n) is 15.3. The molecule has 0 aromatic heterocycles. The van der Waals surface area contributed by atoms with Crippen molar-refractivity contribution in [3.05, 3.63) is 119 Å². The molecule has 0 aliphatic heterocycles. The van der Waals surface area contributed by atoms with Crippen molar-refractivity contribution in [3.8, 4) is 22.3 Å². The lowest BCUT2D eigenvalue weighted by atomic mass is 9.63. The molecule has 0 N–H and O–H groups in total. The Bertz CT molecular complexity index is 1160. The van der Waals surface area contributed by atoms with Gasteiger partial charge in [0, 0.05) is 1.37 Å². The molecule has 26 heavy (non-hydrogen) atoms. The fourth-order valence-corrected chi connectivity index (χ4v) is 4.96. The van der Waals surface area contributed by atoms with Crippen molar-refractivity contribution >= 4 is 0 Å². The SMILES string of the molecule is [2H]C1c2ccccc2-c2ccccc2C12c1ccccc1-c1ccccc12. The molecule has 1 unspecified atom stereocenters. The van der Waals surface area contributed by atoms with Crippen LogP contribution in [0.5, 0.6) is 0 Å². The average Bonchev–Trinajstić information content (AvgIpc) is 3.04. The summed E-state index contributed by atoms with van der Waals surface area (Å²) < 4.78 is 9.49. The van der Waals surface area contributed by atoms with Gasteiger partial charge in [0.25, 0.3) is 0 Å². The van der Waals surface area contributed by atoms with Gasteiger partial charge in [0.1, 0.15) is 0 Å². The summed E-state index contributed by atoms with van der Waals surface area (Å²) in [6.07, 6.45) is -0.381. The van der Waals surface area contributed by atoms with Gasteiger partial charge in [0.2, 0.25) is 0 Å². The molecule has 0 bridgehead atoms. The van der Waals surface area contributed by atoms with Gasteiger partial charge in [0.15, 0.2) is 0 Å². The molecule has 1 atom stereocenters. The third-order valence-corrected chi connectivity index (χ3v) is 5.97. The van der Waals surface area contributed by atoms with Gasteiger partial charge in [-0.05, 0) is 50.9 Å². The highest BCUT2D eigenvalue weighted by atomic mass is 14.5. The van der Waals surface area contributed by atoms with Crippen molar-refractivity contribution in [1.82, 2.24) is 0 Å². The lowest BCUT2D eigenvalue weighted by Crippen LogP contribution is -2.33. The van der Waals surface area contributed by atoms with E-state index in [9.17, 15) is 1.37 Å². The predicted molar refractivity (Wildman–Crippen MR) is 107 cm³/mol. The molecule has 2 aliphatic carbocycles. The molecule has 0 fully saturated rings. The minimum Gasteiger partial charge on any atom is -0.0620 e. The Hall–Kier alpha value is -3.12. The molecule has 122 valence electrons. The first kappa shape index (κ1) is 13.1. The summed E-state index contributed by atoms with van der Waals surface area (Å²) in [5.41, 5.74) is 9.39. The van der Waals surface area contributed by atoms with E-state index in [1.54, 1.807) is 0 Å². The smallest absolute Gasteiger partial charge is 0.0510 e. The molecule has 0 saturated heterocycles. The largest absolute Gasteiger partial charge is 0.0620 e. The normalized spacial score (nSPS) is 18.5. The van der Waals surface area contributed by atoms with Crippen molar-refractivity contribution in [3.63, 3.8) is 0 Å². The minimum atomic E-state index is -0.460. The van der Waals surface area contributed by atoms with Crippen molar-refractivity contribution < 1.29 is 1.37 Å². The quantitative estimate of drug-likeness (QED) is 0.358. The predicted octanol–water partition coefficient (Wildman–Crippen LogP) is 6.22. The van der Waals surface area contributed by atoms with Crippen LogP contribution in [0.2, 0.25) is 0 Å². The van der Waals surface area contributed by atoms with Crippen LogP contribution in [-0.2, 0) is 11.8 Å². The molecule has 0 amide bonds. The van der Waals surface area contributed by atoms with Crippen LogP contribution in [0.3, 0.4) is 0 Å². The van der Waals surface area contributed by atoms with E-state index in [-0.39, 0.29) is 6.40 Å². The molecular weight excluding hydrogens is 312 g/mol. The molecular formula is C26H18. The summed E-state index contributed by atoms with van der Waals surface area (Å²) in [5, 5.41) is 0. The number of rotatable bonds is 0. The fourth-order valence-electron chi connectivity index (χ4n) is 4.96. The molecule has 0 heterocycles. The van der Waals surface area contributed by atoms with Crippen molar-refractivity contribution in [2.24, 2.45) is 0 Å². The standard InChI is InChI=1S/C26H18/c1-2-10-19-18(9-1)17-26(23-14-6-3-11-20(19)23)24-15-7-4-12-21(24)22-13-5-8-16-25(22)26/h1-16H,17H2/i17D. The molecule has 0 heteroatoms. The minimum absolute atomic E-state index is 0.381. The second kappa shape index (κ2) is 4.95. The second-order valence-corrected chi connectivity index (χ2v) is 7.18. The van der Waals surface area contributed by atoms with E-state index in [2.05, 4.69) is 97.1 Å². The van der Waals surface area contributed by atoms with Crippen LogP contribution >= 0.6 is 0 Å². The van der Waals surface area contributed by atoms with E-state index in [0.717, 1.165) is 5.56 Å². The zero-order valence-corrected chi connectivity index (χ0v) is 14.3. The average molecular weight is 331 g/mol. The van der Waals surface area contributed by atoms with Crippen LogP contribution in [0.25, 0.3) is 22.3 Å². The topological polar surface area (TPSA) is 0 Å². The number of hydrogen-bond acceptors (Lipinski definition) is 0. The first-order chi connectivity index (χ1) is 13.3. The lowest BCUT2D eigenvalue weighted by molar-refractivity contribution is 0.622. The van der Waals surface area contributed by atoms with Gasteiger partial charge in [-0.2, -0.15) is 0 Å². The maximum Gasteiger partial charge on any atom is 0.0510 e. The Kier molecular flexibility index (Phi) is 2.50. The molecule has 0 radical (unpaired) electrons. The fraction of sp³-hybridized carbons (Fsp3) is 0.0769. The molecule has 4 aromatic rings. The van der Waals surface area contributed by atoms with E-state index in [4.69, 9.17) is 0 Å². The van der Waals surface area contributed by atoms with Crippen LogP contribution < -0.4 is 0 Å². The summed E-state index contributed by atoms with van der Waals surface area (Å²) in [6.45, 7) is 0. The third kappa shape index (κ3) is 1.60. The van der Waals surface area contributed by atoms with Crippen LogP contribution in [-0.4, -0.2) is 0 Å². The number of benzene rings is 4. The van der Waals surface area contributed by atoms with Crippen LogP contribution in [0.1, 0.15) is 23.6 Å².